The van der Waals surface area contributed by atoms with Crippen LogP contribution in [0.3, 0.4) is 0 Å². The third-order valence-electron chi connectivity index (χ3n) is 7.36. The van der Waals surface area contributed by atoms with Gasteiger partial charge in [0.05, 0.1) is 5.41 Å². The summed E-state index contributed by atoms with van der Waals surface area (Å²) in [5.41, 5.74) is 3.67. The molecule has 0 radical (unpaired) electrons. The zero-order chi connectivity index (χ0) is 25.3. The quantitative estimate of drug-likeness (QED) is 0.381. The van der Waals surface area contributed by atoms with Gasteiger partial charge in [-0.3, -0.25) is 14.4 Å². The molecule has 36 heavy (non-hydrogen) atoms. The monoisotopic (exact) mass is 568 g/mol. The number of aryl methyl sites for hydroxylation is 1. The molecule has 0 saturated heterocycles. The van der Waals surface area contributed by atoms with Crippen molar-refractivity contribution in [1.29, 1.82) is 0 Å². The van der Waals surface area contributed by atoms with E-state index in [1.165, 1.54) is 0 Å². The van der Waals surface area contributed by atoms with Gasteiger partial charge in [0.15, 0.2) is 17.5 Å². The predicted octanol–water partition coefficient (Wildman–Crippen LogP) is 5.06. The van der Waals surface area contributed by atoms with Gasteiger partial charge in [0, 0.05) is 36.2 Å². The summed E-state index contributed by atoms with van der Waals surface area (Å²) >= 11 is 5.23. The lowest BCUT2D eigenvalue weighted by Crippen LogP contribution is -2.61. The summed E-state index contributed by atoms with van der Waals surface area (Å²) in [6, 6.07) is 10.8. The zero-order valence-corrected chi connectivity index (χ0v) is 22.6. The number of carbonyl (C=O) groups excluding carboxylic acids is 1. The molecule has 7 nitrogen and oxygen atoms in total. The molecule has 0 aliphatic heterocycles. The normalized spacial score (nSPS) is 21.1. The molecular weight excluding hydrogens is 540 g/mol. The molecular formula is C27H29BrN4O3S. The Bertz CT molecular complexity index is 1310. The second-order valence-electron chi connectivity index (χ2n) is 9.56. The highest BCUT2D eigenvalue weighted by molar-refractivity contribution is 9.10. The molecule has 2 aliphatic rings. The molecule has 9 heteroatoms. The SMILES string of the molecule is CSCCc1nc2cccnc2n1-c1ccc(C[C@H](N=C2C(Br)C(=O)C23CCCCC3)C(=O)O)cc1. The van der Waals surface area contributed by atoms with Crippen LogP contribution in [0.4, 0.5) is 0 Å². The van der Waals surface area contributed by atoms with Crippen LogP contribution in [0, 0.1) is 5.41 Å². The molecule has 2 atom stereocenters. The van der Waals surface area contributed by atoms with E-state index < -0.39 is 22.3 Å². The third-order valence-corrected chi connectivity index (χ3v) is 8.82. The Balaban J connectivity index is 1.41. The molecule has 2 aliphatic carbocycles. The minimum absolute atomic E-state index is 0.160. The van der Waals surface area contributed by atoms with E-state index in [1.807, 2.05) is 36.4 Å². The number of halogens is 1. The van der Waals surface area contributed by atoms with Gasteiger partial charge in [-0.1, -0.05) is 47.3 Å². The summed E-state index contributed by atoms with van der Waals surface area (Å²) in [5.74, 6) is 1.10. The van der Waals surface area contributed by atoms with Crippen molar-refractivity contribution in [3.05, 3.63) is 54.0 Å². The van der Waals surface area contributed by atoms with Crippen molar-refractivity contribution in [2.45, 2.75) is 55.8 Å². The topological polar surface area (TPSA) is 97.4 Å². The van der Waals surface area contributed by atoms with Crippen molar-refractivity contribution in [3.8, 4) is 5.69 Å². The van der Waals surface area contributed by atoms with Gasteiger partial charge in [-0.2, -0.15) is 11.8 Å². The molecule has 0 amide bonds. The number of fused-ring (bicyclic) bond motifs is 1. The molecule has 1 N–H and O–H groups in total. The van der Waals surface area contributed by atoms with E-state index in [-0.39, 0.29) is 12.2 Å². The minimum atomic E-state index is -0.972. The molecule has 1 unspecified atom stereocenters. The lowest BCUT2D eigenvalue weighted by Gasteiger charge is -2.47. The average Bonchev–Trinajstić information content (AvgIpc) is 3.28. The summed E-state index contributed by atoms with van der Waals surface area (Å²) in [4.78, 5) is 38.4. The molecule has 2 heterocycles. The number of thioether (sulfide) groups is 1. The van der Waals surface area contributed by atoms with Crippen molar-refractivity contribution in [3.63, 3.8) is 0 Å². The highest BCUT2D eigenvalue weighted by Crippen LogP contribution is 2.49. The van der Waals surface area contributed by atoms with Crippen LogP contribution in [0.25, 0.3) is 16.9 Å². The first kappa shape index (κ1) is 25.1. The van der Waals surface area contributed by atoms with Gasteiger partial charge in [0.1, 0.15) is 16.2 Å². The molecule has 1 spiro atoms. The Hall–Kier alpha value is -2.52. The van der Waals surface area contributed by atoms with Gasteiger partial charge >= 0.3 is 5.97 Å². The molecule has 2 aromatic heterocycles. The van der Waals surface area contributed by atoms with Crippen LogP contribution < -0.4 is 0 Å². The molecule has 1 aromatic carbocycles. The molecule has 188 valence electrons. The van der Waals surface area contributed by atoms with E-state index in [0.29, 0.717) is 0 Å². The van der Waals surface area contributed by atoms with Crippen LogP contribution >= 0.6 is 27.7 Å². The second-order valence-corrected chi connectivity index (χ2v) is 11.5. The van der Waals surface area contributed by atoms with Gasteiger partial charge in [-0.25, -0.2) is 14.8 Å². The number of carboxylic acids is 1. The molecule has 0 bridgehead atoms. The lowest BCUT2D eigenvalue weighted by molar-refractivity contribution is -0.138. The summed E-state index contributed by atoms with van der Waals surface area (Å²) in [5, 5.41) is 9.95. The van der Waals surface area contributed by atoms with Gasteiger partial charge in [0.2, 0.25) is 0 Å². The smallest absolute Gasteiger partial charge is 0.328 e. The number of Topliss-reactive ketones (excluding diaryl/α,β-unsaturated/α-hetero) is 1. The fourth-order valence-electron chi connectivity index (χ4n) is 5.46. The van der Waals surface area contributed by atoms with E-state index >= 15 is 0 Å². The van der Waals surface area contributed by atoms with E-state index in [0.717, 1.165) is 78.2 Å². The van der Waals surface area contributed by atoms with Crippen molar-refractivity contribution in [2.75, 3.05) is 12.0 Å². The molecule has 2 fully saturated rings. The highest BCUT2D eigenvalue weighted by Gasteiger charge is 2.58. The number of ketones is 1. The summed E-state index contributed by atoms with van der Waals surface area (Å²) in [6.45, 7) is 0. The zero-order valence-electron chi connectivity index (χ0n) is 20.2. The summed E-state index contributed by atoms with van der Waals surface area (Å²) in [6.07, 6.45) is 9.59. The highest BCUT2D eigenvalue weighted by atomic mass is 79.9. The summed E-state index contributed by atoms with van der Waals surface area (Å²) in [7, 11) is 0. The fourth-order valence-corrected chi connectivity index (χ4v) is 6.84. The maximum Gasteiger partial charge on any atom is 0.328 e. The third kappa shape index (κ3) is 4.52. The number of benzene rings is 1. The number of aliphatic imine (C=N–C) groups is 1. The van der Waals surface area contributed by atoms with Gasteiger partial charge < -0.3 is 5.11 Å². The average molecular weight is 570 g/mol. The number of rotatable bonds is 8. The number of carboxylic acid groups (broad SMARTS) is 1. The Morgan fingerprint density at radius 1 is 1.25 bits per heavy atom. The lowest BCUT2D eigenvalue weighted by atomic mass is 9.58. The van der Waals surface area contributed by atoms with E-state index in [4.69, 9.17) is 4.98 Å². The Labute approximate surface area is 222 Å². The van der Waals surface area contributed by atoms with Crippen molar-refractivity contribution in [1.82, 2.24) is 14.5 Å². The maximum atomic E-state index is 12.7. The Morgan fingerprint density at radius 2 is 2.00 bits per heavy atom. The van der Waals surface area contributed by atoms with Crippen molar-refractivity contribution < 1.29 is 14.7 Å². The molecule has 2 saturated carbocycles. The number of hydrogen-bond donors (Lipinski definition) is 1. The number of imidazole rings is 1. The first-order valence-electron chi connectivity index (χ1n) is 12.3. The standard InChI is InChI=1S/C27H29BrN4O3S/c1-36-15-11-21-30-19-6-5-14-29-25(19)32(21)18-9-7-17(8-10-18)16-20(26(34)35)31-23-22(28)24(33)27(23)12-3-2-4-13-27/h5-10,14,20,22H,2-4,11-13,15-16H2,1H3,(H,34,35)/t20-,22?/m0/s1. The van der Waals surface area contributed by atoms with Crippen LogP contribution in [0.1, 0.15) is 43.5 Å². The number of pyridine rings is 1. The Morgan fingerprint density at radius 3 is 2.69 bits per heavy atom. The van der Waals surface area contributed by atoms with Gasteiger partial charge in [0.25, 0.3) is 0 Å². The van der Waals surface area contributed by atoms with Crippen LogP contribution in [-0.2, 0) is 22.4 Å². The number of carbonyl (C=O) groups is 2. The number of hydrogen-bond acceptors (Lipinski definition) is 6. The maximum absolute atomic E-state index is 12.7. The van der Waals surface area contributed by atoms with E-state index in [1.54, 1.807) is 18.0 Å². The van der Waals surface area contributed by atoms with Gasteiger partial charge in [-0.05, 0) is 48.9 Å². The summed E-state index contributed by atoms with van der Waals surface area (Å²) < 4.78 is 2.08. The first-order chi connectivity index (χ1) is 17.4. The second kappa shape index (κ2) is 10.5. The number of aromatic nitrogens is 3. The van der Waals surface area contributed by atoms with Crippen LogP contribution in [-0.4, -0.2) is 60.0 Å². The minimum Gasteiger partial charge on any atom is -0.480 e. The van der Waals surface area contributed by atoms with Crippen LogP contribution in [0.2, 0.25) is 0 Å². The Kier molecular flexibility index (Phi) is 7.30. The molecule has 3 aromatic rings. The van der Waals surface area contributed by atoms with Crippen LogP contribution in [0.15, 0.2) is 47.6 Å². The van der Waals surface area contributed by atoms with Crippen molar-refractivity contribution in [2.24, 2.45) is 10.4 Å². The number of nitrogens with zero attached hydrogens (tertiary/aromatic N) is 4. The largest absolute Gasteiger partial charge is 0.480 e. The van der Waals surface area contributed by atoms with Crippen molar-refractivity contribution >= 4 is 56.3 Å². The van der Waals surface area contributed by atoms with E-state index in [2.05, 4.69) is 36.7 Å². The van der Waals surface area contributed by atoms with E-state index in [9.17, 15) is 14.7 Å². The predicted molar refractivity (Wildman–Crippen MR) is 147 cm³/mol. The fraction of sp³-hybridized carbons (Fsp3) is 0.444. The number of alkyl halides is 1. The van der Waals surface area contributed by atoms with Crippen LogP contribution in [0.5, 0.6) is 0 Å². The first-order valence-corrected chi connectivity index (χ1v) is 14.7. The molecule has 5 rings (SSSR count). The number of aliphatic carboxylic acids is 1. The van der Waals surface area contributed by atoms with Gasteiger partial charge in [-0.15, -0.1) is 0 Å².